The monoisotopic (exact) mass is 450 g/mol. The highest BCUT2D eigenvalue weighted by Crippen LogP contribution is 2.59. The Morgan fingerprint density at radius 2 is 1.75 bits per heavy atom. The average molecular weight is 451 g/mol. The molecule has 2 saturated carbocycles. The van der Waals surface area contributed by atoms with Gasteiger partial charge < -0.3 is 10.2 Å². The number of hydrogen-bond donors (Lipinski definition) is 2. The van der Waals surface area contributed by atoms with Gasteiger partial charge in [-0.05, 0) is 108 Å². The molecule has 5 unspecified atom stereocenters. The lowest BCUT2D eigenvalue weighted by Gasteiger charge is -2.47. The first-order valence-corrected chi connectivity index (χ1v) is 13.6. The predicted octanol–water partition coefficient (Wildman–Crippen LogP) is 6.85. The Morgan fingerprint density at radius 1 is 1.00 bits per heavy atom. The highest BCUT2D eigenvalue weighted by molar-refractivity contribution is 7.98. The minimum Gasteiger partial charge on any atom is -0.507 e. The number of benzene rings is 2. The molecule has 5 rings (SSSR count). The van der Waals surface area contributed by atoms with E-state index in [1.54, 1.807) is 11.8 Å². The number of aryl methyl sites for hydroxylation is 1. The van der Waals surface area contributed by atoms with Crippen LogP contribution in [0.3, 0.4) is 0 Å². The topological polar surface area (TPSA) is 40.5 Å². The minimum atomic E-state index is -0.557. The van der Waals surface area contributed by atoms with Crippen LogP contribution in [0, 0.1) is 17.8 Å². The molecule has 2 nitrogen and oxygen atoms in total. The van der Waals surface area contributed by atoms with Crippen molar-refractivity contribution in [1.82, 2.24) is 0 Å². The van der Waals surface area contributed by atoms with Crippen molar-refractivity contribution in [2.75, 3.05) is 6.26 Å². The van der Waals surface area contributed by atoms with Crippen LogP contribution in [0.5, 0.6) is 5.75 Å². The molecule has 2 aromatic carbocycles. The zero-order valence-corrected chi connectivity index (χ0v) is 20.8. The van der Waals surface area contributed by atoms with E-state index in [0.29, 0.717) is 29.4 Å². The summed E-state index contributed by atoms with van der Waals surface area (Å²) in [6.07, 6.45) is 9.49. The molecular formula is C29H38O2S. The van der Waals surface area contributed by atoms with Crippen LogP contribution >= 0.6 is 11.8 Å². The van der Waals surface area contributed by atoms with E-state index in [1.807, 2.05) is 12.3 Å². The average Bonchev–Trinajstić information content (AvgIpc) is 3.09. The Morgan fingerprint density at radius 3 is 2.44 bits per heavy atom. The molecule has 3 aliphatic carbocycles. The molecule has 2 aromatic rings. The Balaban J connectivity index is 1.36. The van der Waals surface area contributed by atoms with Crippen LogP contribution in [-0.4, -0.2) is 22.1 Å². The number of hydrogen-bond acceptors (Lipinski definition) is 3. The van der Waals surface area contributed by atoms with Crippen molar-refractivity contribution in [3.63, 3.8) is 0 Å². The second kappa shape index (κ2) is 8.09. The van der Waals surface area contributed by atoms with Crippen LogP contribution in [0.2, 0.25) is 0 Å². The van der Waals surface area contributed by atoms with Gasteiger partial charge in [-0.1, -0.05) is 45.0 Å². The second-order valence-corrected chi connectivity index (χ2v) is 12.5. The zero-order chi connectivity index (χ0) is 22.7. The molecule has 0 heterocycles. The van der Waals surface area contributed by atoms with Gasteiger partial charge in [0.2, 0.25) is 0 Å². The van der Waals surface area contributed by atoms with Gasteiger partial charge in [0, 0.05) is 11.3 Å². The summed E-state index contributed by atoms with van der Waals surface area (Å²) in [6.45, 7) is 6.75. The minimum absolute atomic E-state index is 0.163. The van der Waals surface area contributed by atoms with Crippen molar-refractivity contribution in [2.24, 2.45) is 17.8 Å². The van der Waals surface area contributed by atoms with Gasteiger partial charge in [-0.15, -0.1) is 11.8 Å². The SMILES string of the molecule is CSc1cc2c(cc1O)CCC1C2CCC2C1CCC2(O)Cc1ccc(C(C)(C)C)cc1. The van der Waals surface area contributed by atoms with Crippen LogP contribution in [0.4, 0.5) is 0 Å². The van der Waals surface area contributed by atoms with Crippen molar-refractivity contribution in [2.45, 2.75) is 87.5 Å². The molecule has 0 bridgehead atoms. The number of phenolic OH excluding ortho intramolecular Hbond substituents is 1. The largest absolute Gasteiger partial charge is 0.507 e. The van der Waals surface area contributed by atoms with E-state index < -0.39 is 5.60 Å². The zero-order valence-electron chi connectivity index (χ0n) is 20.0. The molecule has 0 aromatic heterocycles. The van der Waals surface area contributed by atoms with Crippen LogP contribution in [0.1, 0.15) is 81.0 Å². The van der Waals surface area contributed by atoms with Gasteiger partial charge in [0.1, 0.15) is 5.75 Å². The molecule has 0 amide bonds. The summed E-state index contributed by atoms with van der Waals surface area (Å²) in [6, 6.07) is 13.3. The predicted molar refractivity (Wildman–Crippen MR) is 134 cm³/mol. The number of phenols is 1. The molecule has 3 heteroatoms. The third-order valence-corrected chi connectivity index (χ3v) is 9.66. The fourth-order valence-electron chi connectivity index (χ4n) is 7.24. The second-order valence-electron chi connectivity index (χ2n) is 11.6. The number of aliphatic hydroxyl groups is 1. The van der Waals surface area contributed by atoms with E-state index in [0.717, 1.165) is 37.0 Å². The summed E-state index contributed by atoms with van der Waals surface area (Å²) >= 11 is 1.64. The van der Waals surface area contributed by atoms with E-state index in [1.165, 1.54) is 35.1 Å². The maximum Gasteiger partial charge on any atom is 0.129 e. The van der Waals surface area contributed by atoms with Crippen LogP contribution in [0.25, 0.3) is 0 Å². The summed E-state index contributed by atoms with van der Waals surface area (Å²) < 4.78 is 0. The fraction of sp³-hybridized carbons (Fsp3) is 0.586. The normalized spacial score (nSPS) is 31.7. The van der Waals surface area contributed by atoms with Crippen LogP contribution in [0.15, 0.2) is 41.3 Å². The van der Waals surface area contributed by atoms with Crippen molar-refractivity contribution >= 4 is 11.8 Å². The summed E-state index contributed by atoms with van der Waals surface area (Å²) in [5.74, 6) is 2.77. The molecule has 32 heavy (non-hydrogen) atoms. The maximum atomic E-state index is 11.8. The van der Waals surface area contributed by atoms with Gasteiger partial charge in [0.25, 0.3) is 0 Å². The van der Waals surface area contributed by atoms with Gasteiger partial charge in [-0.25, -0.2) is 0 Å². The van der Waals surface area contributed by atoms with E-state index in [2.05, 4.69) is 51.1 Å². The molecule has 2 N–H and O–H groups in total. The molecule has 172 valence electrons. The number of thioether (sulfide) groups is 1. The fourth-order valence-corrected chi connectivity index (χ4v) is 7.75. The van der Waals surface area contributed by atoms with E-state index in [4.69, 9.17) is 0 Å². The van der Waals surface area contributed by atoms with Crippen molar-refractivity contribution < 1.29 is 10.2 Å². The summed E-state index contributed by atoms with van der Waals surface area (Å²) in [4.78, 5) is 1.01. The maximum absolute atomic E-state index is 11.8. The van der Waals surface area contributed by atoms with E-state index in [-0.39, 0.29) is 5.41 Å². The van der Waals surface area contributed by atoms with Gasteiger partial charge in [-0.2, -0.15) is 0 Å². The van der Waals surface area contributed by atoms with E-state index in [9.17, 15) is 10.2 Å². The highest BCUT2D eigenvalue weighted by atomic mass is 32.2. The number of rotatable bonds is 3. The van der Waals surface area contributed by atoms with Gasteiger partial charge in [-0.3, -0.25) is 0 Å². The van der Waals surface area contributed by atoms with Crippen LogP contribution < -0.4 is 0 Å². The third kappa shape index (κ3) is 3.80. The first-order valence-electron chi connectivity index (χ1n) is 12.4. The first-order chi connectivity index (χ1) is 15.2. The number of aromatic hydroxyl groups is 1. The highest BCUT2D eigenvalue weighted by Gasteiger charge is 2.53. The Bertz CT molecular complexity index is 989. The molecule has 3 aliphatic rings. The van der Waals surface area contributed by atoms with Crippen molar-refractivity contribution in [1.29, 1.82) is 0 Å². The first kappa shape index (κ1) is 22.3. The molecule has 2 fully saturated rings. The molecule has 0 saturated heterocycles. The van der Waals surface area contributed by atoms with Crippen LogP contribution in [-0.2, 0) is 18.3 Å². The quantitative estimate of drug-likeness (QED) is 0.502. The van der Waals surface area contributed by atoms with Gasteiger partial charge in [0.05, 0.1) is 5.60 Å². The Kier molecular flexibility index (Phi) is 5.65. The van der Waals surface area contributed by atoms with Gasteiger partial charge in [0.15, 0.2) is 0 Å². The molecular weight excluding hydrogens is 412 g/mol. The smallest absolute Gasteiger partial charge is 0.129 e. The lowest BCUT2D eigenvalue weighted by Crippen LogP contribution is -2.43. The Hall–Kier alpha value is -1.45. The summed E-state index contributed by atoms with van der Waals surface area (Å²) in [7, 11) is 0. The van der Waals surface area contributed by atoms with Crippen molar-refractivity contribution in [3.05, 3.63) is 58.7 Å². The third-order valence-electron chi connectivity index (χ3n) is 8.89. The lowest BCUT2D eigenvalue weighted by atomic mass is 9.59. The summed E-state index contributed by atoms with van der Waals surface area (Å²) in [5, 5.41) is 22.2. The molecule has 5 atom stereocenters. The standard InChI is InChI=1S/C29H38O2S/c1-28(2,3)20-8-5-18(6-9-20)17-29(31)14-13-23-21-10-7-19-15-26(30)27(32-4)16-24(19)22(21)11-12-25(23)29/h5-6,8-9,15-16,21-23,25,30-31H,7,10-14,17H2,1-4H3. The molecule has 0 aliphatic heterocycles. The van der Waals surface area contributed by atoms with Crippen molar-refractivity contribution in [3.8, 4) is 5.75 Å². The van der Waals surface area contributed by atoms with Gasteiger partial charge >= 0.3 is 0 Å². The lowest BCUT2D eigenvalue weighted by molar-refractivity contribution is -0.0347. The molecule has 0 spiro atoms. The summed E-state index contributed by atoms with van der Waals surface area (Å²) in [5.41, 5.74) is 5.07. The number of fused-ring (bicyclic) bond motifs is 5. The van der Waals surface area contributed by atoms with E-state index >= 15 is 0 Å². The molecule has 0 radical (unpaired) electrons. The Labute approximate surface area is 197 Å².